The van der Waals surface area contributed by atoms with Gasteiger partial charge in [0.05, 0.1) is 16.3 Å². The van der Waals surface area contributed by atoms with Crippen molar-refractivity contribution in [3.63, 3.8) is 0 Å². The van der Waals surface area contributed by atoms with Crippen LogP contribution in [0, 0.1) is 6.92 Å². The lowest BCUT2D eigenvalue weighted by atomic mass is 10.0. The number of aromatic nitrogens is 1. The summed E-state index contributed by atoms with van der Waals surface area (Å²) >= 11 is 1.63. The number of hydrogen-bond donors (Lipinski definition) is 0. The molecule has 3 nitrogen and oxygen atoms in total. The van der Waals surface area contributed by atoms with E-state index in [2.05, 4.69) is 4.98 Å². The van der Waals surface area contributed by atoms with Gasteiger partial charge in [-0.3, -0.25) is 0 Å². The number of thiazole rings is 1. The summed E-state index contributed by atoms with van der Waals surface area (Å²) in [5, 5.41) is 4.00. The molecule has 0 spiro atoms. The molecule has 0 amide bonds. The van der Waals surface area contributed by atoms with Crippen molar-refractivity contribution in [1.29, 1.82) is 0 Å². The molecule has 4 rings (SSSR count). The van der Waals surface area contributed by atoms with Gasteiger partial charge in [-0.1, -0.05) is 42.5 Å². The van der Waals surface area contributed by atoms with E-state index in [1.807, 2.05) is 60.8 Å². The van der Waals surface area contributed by atoms with Gasteiger partial charge in [-0.25, -0.2) is 9.78 Å². The van der Waals surface area contributed by atoms with Crippen molar-refractivity contribution >= 4 is 22.3 Å². The topological polar surface area (TPSA) is 43.1 Å². The predicted octanol–water partition coefficient (Wildman–Crippen LogP) is 4.89. The van der Waals surface area contributed by atoms with E-state index in [0.717, 1.165) is 27.2 Å². The molecule has 2 aromatic heterocycles. The van der Waals surface area contributed by atoms with Crippen molar-refractivity contribution in [1.82, 2.24) is 4.98 Å². The lowest BCUT2D eigenvalue weighted by Crippen LogP contribution is -2.02. The van der Waals surface area contributed by atoms with Crippen molar-refractivity contribution < 1.29 is 4.42 Å². The number of rotatable bonds is 2. The van der Waals surface area contributed by atoms with E-state index < -0.39 is 0 Å². The van der Waals surface area contributed by atoms with Crippen LogP contribution in [-0.2, 0) is 0 Å². The van der Waals surface area contributed by atoms with Gasteiger partial charge >= 0.3 is 5.63 Å². The van der Waals surface area contributed by atoms with E-state index in [9.17, 15) is 4.79 Å². The lowest BCUT2D eigenvalue weighted by molar-refractivity contribution is 0.563. The summed E-state index contributed by atoms with van der Waals surface area (Å²) in [5.41, 5.74) is 3.72. The first-order chi connectivity index (χ1) is 11.2. The van der Waals surface area contributed by atoms with Gasteiger partial charge in [0.25, 0.3) is 0 Å². The zero-order chi connectivity index (χ0) is 15.8. The second-order valence-corrected chi connectivity index (χ2v) is 6.38. The Hall–Kier alpha value is -2.72. The summed E-state index contributed by atoms with van der Waals surface area (Å²) in [6, 6.07) is 17.2. The second kappa shape index (κ2) is 5.48. The highest BCUT2D eigenvalue weighted by molar-refractivity contribution is 7.09. The minimum Gasteiger partial charge on any atom is -0.422 e. The zero-order valence-electron chi connectivity index (χ0n) is 12.4. The highest BCUT2D eigenvalue weighted by atomic mass is 32.1. The fraction of sp³-hybridized carbons (Fsp3) is 0.0526. The van der Waals surface area contributed by atoms with E-state index in [4.69, 9.17) is 4.42 Å². The Morgan fingerprint density at radius 2 is 1.74 bits per heavy atom. The van der Waals surface area contributed by atoms with Gasteiger partial charge in [0.15, 0.2) is 0 Å². The van der Waals surface area contributed by atoms with Crippen LogP contribution in [0.4, 0.5) is 0 Å². The summed E-state index contributed by atoms with van der Waals surface area (Å²) in [6.45, 7) is 1.99. The van der Waals surface area contributed by atoms with Gasteiger partial charge in [-0.05, 0) is 24.6 Å². The van der Waals surface area contributed by atoms with Crippen LogP contribution in [-0.4, -0.2) is 4.98 Å². The largest absolute Gasteiger partial charge is 0.422 e. The third kappa shape index (κ3) is 2.58. The molecule has 2 heterocycles. The minimum atomic E-state index is -0.319. The van der Waals surface area contributed by atoms with Crippen LogP contribution in [0.3, 0.4) is 0 Å². The highest BCUT2D eigenvalue weighted by Crippen LogP contribution is 2.26. The van der Waals surface area contributed by atoms with Crippen LogP contribution < -0.4 is 5.63 Å². The quantitative estimate of drug-likeness (QED) is 0.494. The summed E-state index contributed by atoms with van der Waals surface area (Å²) < 4.78 is 5.40. The van der Waals surface area contributed by atoms with Crippen LogP contribution in [0.5, 0.6) is 0 Å². The molecule has 0 saturated carbocycles. The van der Waals surface area contributed by atoms with Crippen LogP contribution in [0.2, 0.25) is 0 Å². The van der Waals surface area contributed by atoms with Gasteiger partial charge in [0.2, 0.25) is 0 Å². The van der Waals surface area contributed by atoms with Crippen molar-refractivity contribution in [3.05, 3.63) is 75.4 Å². The number of benzene rings is 2. The number of hydrogen-bond acceptors (Lipinski definition) is 4. The third-order valence-corrected chi connectivity index (χ3v) is 4.53. The smallest absolute Gasteiger partial charge is 0.344 e. The zero-order valence-corrected chi connectivity index (χ0v) is 13.3. The molecule has 0 fully saturated rings. The summed E-state index contributed by atoms with van der Waals surface area (Å²) in [5.74, 6) is 0. The molecule has 0 saturated heterocycles. The lowest BCUT2D eigenvalue weighted by Gasteiger charge is -2.03. The van der Waals surface area contributed by atoms with Gasteiger partial charge < -0.3 is 4.42 Å². The molecule has 0 radical (unpaired) electrons. The Morgan fingerprint density at radius 3 is 2.48 bits per heavy atom. The predicted molar refractivity (Wildman–Crippen MR) is 93.8 cm³/mol. The molecule has 112 valence electrons. The minimum absolute atomic E-state index is 0.319. The summed E-state index contributed by atoms with van der Waals surface area (Å²) in [7, 11) is 0. The van der Waals surface area contributed by atoms with Crippen molar-refractivity contribution in [2.24, 2.45) is 0 Å². The van der Waals surface area contributed by atoms with E-state index in [1.165, 1.54) is 0 Å². The van der Waals surface area contributed by atoms with Gasteiger partial charge in [-0.15, -0.1) is 11.3 Å². The van der Waals surface area contributed by atoms with E-state index in [-0.39, 0.29) is 5.63 Å². The van der Waals surface area contributed by atoms with Crippen molar-refractivity contribution in [3.8, 4) is 22.4 Å². The molecule has 4 aromatic rings. The van der Waals surface area contributed by atoms with Crippen molar-refractivity contribution in [2.75, 3.05) is 0 Å². The molecule has 2 aromatic carbocycles. The van der Waals surface area contributed by atoms with Gasteiger partial charge in [0.1, 0.15) is 5.58 Å². The Bertz CT molecular complexity index is 1040. The number of para-hydroxylation sites is 1. The average Bonchev–Trinajstić information content (AvgIpc) is 3.01. The molecule has 0 aliphatic heterocycles. The Kier molecular flexibility index (Phi) is 3.32. The number of nitrogens with zero attached hydrogens (tertiary/aromatic N) is 1. The molecule has 0 aliphatic carbocycles. The standard InChI is InChI=1S/C19H13NO2S/c1-12-20-17(11-23-12)14-8-6-13(7-9-14)16-10-15-4-2-3-5-18(15)22-19(16)21/h2-11H,1H3. The normalized spacial score (nSPS) is 11.0. The molecule has 0 unspecified atom stereocenters. The summed E-state index contributed by atoms with van der Waals surface area (Å²) in [4.78, 5) is 16.7. The molecule has 0 aliphatic rings. The van der Waals surface area contributed by atoms with E-state index in [1.54, 1.807) is 17.4 Å². The number of fused-ring (bicyclic) bond motifs is 1. The van der Waals surface area contributed by atoms with Crippen LogP contribution in [0.1, 0.15) is 5.01 Å². The first kappa shape index (κ1) is 13.9. The first-order valence-electron chi connectivity index (χ1n) is 7.26. The maximum Gasteiger partial charge on any atom is 0.344 e. The molecular weight excluding hydrogens is 306 g/mol. The molecule has 0 bridgehead atoms. The third-order valence-electron chi connectivity index (χ3n) is 3.75. The molecule has 23 heavy (non-hydrogen) atoms. The Labute approximate surface area is 136 Å². The fourth-order valence-electron chi connectivity index (χ4n) is 2.58. The molecule has 4 heteroatoms. The number of aryl methyl sites for hydroxylation is 1. The summed E-state index contributed by atoms with van der Waals surface area (Å²) in [6.07, 6.45) is 0. The molecule has 0 atom stereocenters. The van der Waals surface area contributed by atoms with Crippen LogP contribution in [0.25, 0.3) is 33.4 Å². The van der Waals surface area contributed by atoms with Crippen molar-refractivity contribution in [2.45, 2.75) is 6.92 Å². The molecular formula is C19H13NO2S. The second-order valence-electron chi connectivity index (χ2n) is 5.31. The van der Waals surface area contributed by atoms with E-state index >= 15 is 0 Å². The maximum absolute atomic E-state index is 12.2. The Balaban J connectivity index is 1.79. The average molecular weight is 319 g/mol. The SMILES string of the molecule is Cc1nc(-c2ccc(-c3cc4ccccc4oc3=O)cc2)cs1. The highest BCUT2D eigenvalue weighted by Gasteiger charge is 2.08. The van der Waals surface area contributed by atoms with E-state index in [0.29, 0.717) is 11.1 Å². The van der Waals surface area contributed by atoms with Gasteiger partial charge in [-0.2, -0.15) is 0 Å². The van der Waals surface area contributed by atoms with Crippen LogP contribution in [0.15, 0.2) is 69.2 Å². The first-order valence-corrected chi connectivity index (χ1v) is 8.14. The Morgan fingerprint density at radius 1 is 1.00 bits per heavy atom. The molecule has 0 N–H and O–H groups in total. The van der Waals surface area contributed by atoms with Gasteiger partial charge in [0, 0.05) is 16.3 Å². The maximum atomic E-state index is 12.2. The van der Waals surface area contributed by atoms with Crippen LogP contribution >= 0.6 is 11.3 Å². The fourth-order valence-corrected chi connectivity index (χ4v) is 3.20. The monoisotopic (exact) mass is 319 g/mol.